The predicted molar refractivity (Wildman–Crippen MR) is 74.5 cm³/mol. The fraction of sp³-hybridized carbons (Fsp3) is 0.667. The van der Waals surface area contributed by atoms with Gasteiger partial charge in [0.15, 0.2) is 0 Å². The van der Waals surface area contributed by atoms with Gasteiger partial charge >= 0.3 is 0 Å². The molecule has 0 aliphatic carbocycles. The molecular formula is C15H23N3O. The number of fused-ring (bicyclic) bond motifs is 2. The van der Waals surface area contributed by atoms with E-state index in [2.05, 4.69) is 22.9 Å². The van der Waals surface area contributed by atoms with Gasteiger partial charge in [-0.25, -0.2) is 0 Å². The third-order valence-electron chi connectivity index (χ3n) is 4.57. The van der Waals surface area contributed by atoms with Crippen molar-refractivity contribution in [2.24, 2.45) is 5.73 Å². The van der Waals surface area contributed by atoms with Crippen molar-refractivity contribution in [3.05, 3.63) is 30.1 Å². The minimum Gasteiger partial charge on any atom is -0.393 e. The van der Waals surface area contributed by atoms with E-state index >= 15 is 0 Å². The third kappa shape index (κ3) is 2.40. The zero-order valence-corrected chi connectivity index (χ0v) is 11.4. The predicted octanol–water partition coefficient (Wildman–Crippen LogP) is 1.46. The van der Waals surface area contributed by atoms with E-state index in [1.807, 2.05) is 18.3 Å². The molecule has 2 saturated heterocycles. The van der Waals surface area contributed by atoms with Gasteiger partial charge in [-0.3, -0.25) is 9.88 Å². The van der Waals surface area contributed by atoms with Crippen molar-refractivity contribution in [1.29, 1.82) is 0 Å². The van der Waals surface area contributed by atoms with Crippen molar-refractivity contribution >= 4 is 0 Å². The number of piperidine rings is 1. The number of aliphatic hydroxyl groups is 1. The van der Waals surface area contributed by atoms with Gasteiger partial charge in [-0.15, -0.1) is 0 Å². The van der Waals surface area contributed by atoms with Crippen LogP contribution in [0.15, 0.2) is 24.4 Å². The number of nitrogens with two attached hydrogens (primary N) is 1. The highest BCUT2D eigenvalue weighted by molar-refractivity contribution is 5.14. The van der Waals surface area contributed by atoms with Crippen LogP contribution in [0.5, 0.6) is 0 Å². The summed E-state index contributed by atoms with van der Waals surface area (Å²) in [4.78, 5) is 7.03. The molecule has 3 rings (SSSR count). The van der Waals surface area contributed by atoms with Crippen LogP contribution in [0.1, 0.15) is 44.3 Å². The normalized spacial score (nSPS) is 34.2. The lowest BCUT2D eigenvalue weighted by Gasteiger charge is -2.43. The zero-order valence-electron chi connectivity index (χ0n) is 11.4. The van der Waals surface area contributed by atoms with E-state index in [1.165, 1.54) is 12.8 Å². The monoisotopic (exact) mass is 261 g/mol. The first-order valence-corrected chi connectivity index (χ1v) is 7.29. The van der Waals surface area contributed by atoms with Gasteiger partial charge in [0.2, 0.25) is 0 Å². The molecule has 2 aliphatic heterocycles. The Labute approximate surface area is 114 Å². The van der Waals surface area contributed by atoms with Crippen LogP contribution in [0.25, 0.3) is 0 Å². The number of aliphatic hydroxyl groups excluding tert-OH is 1. The zero-order chi connectivity index (χ0) is 13.4. The molecule has 2 fully saturated rings. The first kappa shape index (κ1) is 13.0. The lowest BCUT2D eigenvalue weighted by molar-refractivity contribution is 0.00300. The van der Waals surface area contributed by atoms with Gasteiger partial charge in [-0.1, -0.05) is 6.07 Å². The molecule has 19 heavy (non-hydrogen) atoms. The van der Waals surface area contributed by atoms with E-state index < -0.39 is 0 Å². The highest BCUT2D eigenvalue weighted by Gasteiger charge is 2.45. The minimum absolute atomic E-state index is 0.0493. The Hall–Kier alpha value is -0.970. The van der Waals surface area contributed by atoms with Crippen molar-refractivity contribution in [2.45, 2.75) is 62.9 Å². The Bertz CT molecular complexity index is 409. The average Bonchev–Trinajstić information content (AvgIpc) is 2.64. The van der Waals surface area contributed by atoms with Gasteiger partial charge in [0.1, 0.15) is 0 Å². The molecule has 1 aromatic rings. The fourth-order valence-electron chi connectivity index (χ4n) is 3.88. The number of nitrogens with zero attached hydrogens (tertiary/aromatic N) is 2. The molecule has 0 amide bonds. The molecule has 3 heterocycles. The molecule has 3 N–H and O–H groups in total. The van der Waals surface area contributed by atoms with E-state index in [1.54, 1.807) is 0 Å². The summed E-state index contributed by atoms with van der Waals surface area (Å²) in [6.45, 7) is 2.06. The summed E-state index contributed by atoms with van der Waals surface area (Å²) in [6.07, 6.45) is 5.83. The number of hydrogen-bond donors (Lipinski definition) is 2. The molecule has 4 unspecified atom stereocenters. The molecule has 2 aliphatic rings. The average molecular weight is 261 g/mol. The van der Waals surface area contributed by atoms with Crippen LogP contribution in [-0.2, 0) is 0 Å². The van der Waals surface area contributed by atoms with Crippen molar-refractivity contribution in [3.8, 4) is 0 Å². The largest absolute Gasteiger partial charge is 0.393 e. The van der Waals surface area contributed by atoms with Crippen LogP contribution >= 0.6 is 0 Å². The Morgan fingerprint density at radius 2 is 2.00 bits per heavy atom. The number of pyridine rings is 1. The van der Waals surface area contributed by atoms with Crippen LogP contribution in [0, 0.1) is 0 Å². The molecule has 1 aromatic heterocycles. The molecule has 4 heteroatoms. The molecular weight excluding hydrogens is 238 g/mol. The van der Waals surface area contributed by atoms with Gasteiger partial charge in [0.05, 0.1) is 17.8 Å². The van der Waals surface area contributed by atoms with Crippen LogP contribution < -0.4 is 5.73 Å². The van der Waals surface area contributed by atoms with Crippen LogP contribution in [0.2, 0.25) is 0 Å². The second kappa shape index (κ2) is 5.19. The van der Waals surface area contributed by atoms with E-state index in [-0.39, 0.29) is 18.2 Å². The Kier molecular flexibility index (Phi) is 3.56. The number of rotatable bonds is 3. The number of aromatic nitrogens is 1. The highest BCUT2D eigenvalue weighted by atomic mass is 16.3. The molecule has 4 nitrogen and oxygen atoms in total. The first-order chi connectivity index (χ1) is 9.16. The van der Waals surface area contributed by atoms with Gasteiger partial charge in [0, 0.05) is 24.3 Å². The third-order valence-corrected chi connectivity index (χ3v) is 4.57. The topological polar surface area (TPSA) is 62.4 Å². The summed E-state index contributed by atoms with van der Waals surface area (Å²) in [5.74, 6) is 0. The molecule has 0 saturated carbocycles. The Morgan fingerprint density at radius 3 is 2.53 bits per heavy atom. The SMILES string of the molecule is CC(N)C(c1ccccn1)N1C2CCC1CC(O)C2. The maximum absolute atomic E-state index is 9.93. The van der Waals surface area contributed by atoms with E-state index in [4.69, 9.17) is 5.73 Å². The summed E-state index contributed by atoms with van der Waals surface area (Å²) in [5, 5.41) is 9.93. The van der Waals surface area contributed by atoms with Gasteiger partial charge in [-0.2, -0.15) is 0 Å². The minimum atomic E-state index is -0.133. The fourth-order valence-corrected chi connectivity index (χ4v) is 3.88. The standard InChI is InChI=1S/C15H23N3O/c1-10(16)15(14-4-2-3-7-17-14)18-11-5-6-12(18)9-13(19)8-11/h2-4,7,10-13,15,19H,5-6,8-9,16H2,1H3. The van der Waals surface area contributed by atoms with Gasteiger partial charge < -0.3 is 10.8 Å². The maximum atomic E-state index is 9.93. The summed E-state index contributed by atoms with van der Waals surface area (Å²) in [7, 11) is 0. The van der Waals surface area contributed by atoms with Crippen molar-refractivity contribution < 1.29 is 5.11 Å². The lowest BCUT2D eigenvalue weighted by atomic mass is 9.94. The Balaban J connectivity index is 1.90. The second-order valence-corrected chi connectivity index (χ2v) is 6.02. The van der Waals surface area contributed by atoms with Crippen molar-refractivity contribution in [2.75, 3.05) is 0 Å². The van der Waals surface area contributed by atoms with E-state index in [9.17, 15) is 5.11 Å². The maximum Gasteiger partial charge on any atom is 0.0675 e. The Morgan fingerprint density at radius 1 is 1.32 bits per heavy atom. The molecule has 0 radical (unpaired) electrons. The quantitative estimate of drug-likeness (QED) is 0.864. The highest BCUT2D eigenvalue weighted by Crippen LogP contribution is 2.41. The first-order valence-electron chi connectivity index (χ1n) is 7.29. The van der Waals surface area contributed by atoms with E-state index in [0.717, 1.165) is 18.5 Å². The second-order valence-electron chi connectivity index (χ2n) is 6.02. The molecule has 104 valence electrons. The van der Waals surface area contributed by atoms with Gasteiger partial charge in [-0.05, 0) is 44.7 Å². The van der Waals surface area contributed by atoms with Crippen molar-refractivity contribution in [3.63, 3.8) is 0 Å². The lowest BCUT2D eigenvalue weighted by Crippen LogP contribution is -2.51. The van der Waals surface area contributed by atoms with Crippen molar-refractivity contribution in [1.82, 2.24) is 9.88 Å². The smallest absolute Gasteiger partial charge is 0.0675 e. The van der Waals surface area contributed by atoms with Crippen LogP contribution in [0.4, 0.5) is 0 Å². The summed E-state index contributed by atoms with van der Waals surface area (Å²) >= 11 is 0. The van der Waals surface area contributed by atoms with Crippen LogP contribution in [0.3, 0.4) is 0 Å². The van der Waals surface area contributed by atoms with E-state index in [0.29, 0.717) is 12.1 Å². The summed E-state index contributed by atoms with van der Waals surface area (Å²) < 4.78 is 0. The molecule has 0 spiro atoms. The summed E-state index contributed by atoms with van der Waals surface area (Å²) in [6, 6.07) is 7.19. The number of hydrogen-bond acceptors (Lipinski definition) is 4. The summed E-state index contributed by atoms with van der Waals surface area (Å²) in [5.41, 5.74) is 7.30. The van der Waals surface area contributed by atoms with Crippen LogP contribution in [-0.4, -0.2) is 39.2 Å². The molecule has 4 atom stereocenters. The van der Waals surface area contributed by atoms with Gasteiger partial charge in [0.25, 0.3) is 0 Å². The molecule has 0 aromatic carbocycles. The molecule has 2 bridgehead atoms.